The lowest BCUT2D eigenvalue weighted by Crippen LogP contribution is -2.38. The Morgan fingerprint density at radius 3 is 2.60 bits per heavy atom. The van der Waals surface area contributed by atoms with Gasteiger partial charge in [-0.15, -0.1) is 0 Å². The first-order valence-electron chi connectivity index (χ1n) is 7.07. The Bertz CT molecular complexity index is 507. The first kappa shape index (κ1) is 14.5. The molecule has 2 rings (SSSR count). The number of benzene rings is 1. The molecule has 0 aromatic heterocycles. The van der Waals surface area contributed by atoms with Gasteiger partial charge in [0.2, 0.25) is 5.91 Å². The van der Waals surface area contributed by atoms with E-state index in [4.69, 9.17) is 0 Å². The van der Waals surface area contributed by atoms with Crippen LogP contribution >= 0.6 is 0 Å². The number of hydrogen-bond donors (Lipinski definition) is 0. The van der Waals surface area contributed by atoms with Crippen molar-refractivity contribution < 1.29 is 9.59 Å². The maximum atomic E-state index is 12.6. The van der Waals surface area contributed by atoms with Gasteiger partial charge in [-0.2, -0.15) is 0 Å². The van der Waals surface area contributed by atoms with Gasteiger partial charge in [-0.25, -0.2) is 0 Å². The lowest BCUT2D eigenvalue weighted by Gasteiger charge is -2.25. The summed E-state index contributed by atoms with van der Waals surface area (Å²) in [5.41, 5.74) is 2.01. The summed E-state index contributed by atoms with van der Waals surface area (Å²) in [5, 5.41) is 0. The monoisotopic (exact) mass is 271 g/mol. The summed E-state index contributed by atoms with van der Waals surface area (Å²) >= 11 is 0. The number of nitrogens with zero attached hydrogens (tertiary/aromatic N) is 1. The maximum Gasteiger partial charge on any atom is 0.233 e. The van der Waals surface area contributed by atoms with E-state index in [1.54, 1.807) is 4.90 Å². The second-order valence-electron chi connectivity index (χ2n) is 5.55. The van der Waals surface area contributed by atoms with E-state index < -0.39 is 5.92 Å². The average molecular weight is 271 g/mol. The fourth-order valence-corrected chi connectivity index (χ4v) is 2.64. The van der Waals surface area contributed by atoms with E-state index in [2.05, 4.69) is 6.58 Å². The lowest BCUT2D eigenvalue weighted by atomic mass is 10.0. The lowest BCUT2D eigenvalue weighted by molar-refractivity contribution is -0.140. The molecule has 0 radical (unpaired) electrons. The summed E-state index contributed by atoms with van der Waals surface area (Å²) in [6, 6.07) is 9.86. The molecule has 1 aromatic carbocycles. The molecule has 1 saturated carbocycles. The SMILES string of the molecule is C=C(C)CN(Cc1ccccc1)C(=O)C1CCCC1=O. The van der Waals surface area contributed by atoms with E-state index >= 15 is 0 Å². The summed E-state index contributed by atoms with van der Waals surface area (Å²) in [4.78, 5) is 26.1. The largest absolute Gasteiger partial charge is 0.334 e. The van der Waals surface area contributed by atoms with Gasteiger partial charge in [0.15, 0.2) is 0 Å². The van der Waals surface area contributed by atoms with Crippen molar-refractivity contribution in [1.29, 1.82) is 0 Å². The van der Waals surface area contributed by atoms with Gasteiger partial charge < -0.3 is 4.90 Å². The third-order valence-corrected chi connectivity index (χ3v) is 3.59. The third kappa shape index (κ3) is 3.56. The van der Waals surface area contributed by atoms with Crippen molar-refractivity contribution >= 4 is 11.7 Å². The van der Waals surface area contributed by atoms with Crippen LogP contribution < -0.4 is 0 Å². The van der Waals surface area contributed by atoms with Gasteiger partial charge in [0.25, 0.3) is 0 Å². The minimum Gasteiger partial charge on any atom is -0.334 e. The molecule has 0 heterocycles. The topological polar surface area (TPSA) is 37.4 Å². The van der Waals surface area contributed by atoms with Crippen molar-refractivity contribution in [2.24, 2.45) is 5.92 Å². The molecule has 3 heteroatoms. The molecule has 1 amide bonds. The molecule has 3 nitrogen and oxygen atoms in total. The number of ketones is 1. The Kier molecular flexibility index (Phi) is 4.72. The van der Waals surface area contributed by atoms with E-state index in [0.717, 1.165) is 17.6 Å². The Morgan fingerprint density at radius 2 is 2.05 bits per heavy atom. The molecule has 0 saturated heterocycles. The molecule has 1 aliphatic carbocycles. The molecule has 1 unspecified atom stereocenters. The summed E-state index contributed by atoms with van der Waals surface area (Å²) in [6.45, 7) is 6.84. The molecule has 0 N–H and O–H groups in total. The molecular weight excluding hydrogens is 250 g/mol. The van der Waals surface area contributed by atoms with Crippen LogP contribution in [0.15, 0.2) is 42.5 Å². The van der Waals surface area contributed by atoms with Gasteiger partial charge in [0.1, 0.15) is 5.78 Å². The number of rotatable bonds is 5. The zero-order valence-corrected chi connectivity index (χ0v) is 12.0. The van der Waals surface area contributed by atoms with E-state index in [9.17, 15) is 9.59 Å². The van der Waals surface area contributed by atoms with E-state index in [1.807, 2.05) is 37.3 Å². The highest BCUT2D eigenvalue weighted by Crippen LogP contribution is 2.24. The minimum absolute atomic E-state index is 0.0423. The van der Waals surface area contributed by atoms with Crippen LogP contribution in [-0.2, 0) is 16.1 Å². The number of carbonyl (C=O) groups is 2. The van der Waals surface area contributed by atoms with Crippen molar-refractivity contribution in [2.45, 2.75) is 32.7 Å². The fourth-order valence-electron chi connectivity index (χ4n) is 2.64. The van der Waals surface area contributed by atoms with Crippen LogP contribution in [0.25, 0.3) is 0 Å². The van der Waals surface area contributed by atoms with Crippen molar-refractivity contribution in [3.05, 3.63) is 48.0 Å². The Labute approximate surface area is 120 Å². The molecule has 0 bridgehead atoms. The predicted molar refractivity (Wildman–Crippen MR) is 79.0 cm³/mol. The zero-order valence-electron chi connectivity index (χ0n) is 12.0. The van der Waals surface area contributed by atoms with Gasteiger partial charge in [-0.05, 0) is 25.3 Å². The maximum absolute atomic E-state index is 12.6. The van der Waals surface area contributed by atoms with Crippen LogP contribution in [0.1, 0.15) is 31.7 Å². The Hall–Kier alpha value is -1.90. The van der Waals surface area contributed by atoms with Gasteiger partial charge in [-0.3, -0.25) is 9.59 Å². The van der Waals surface area contributed by atoms with E-state index in [0.29, 0.717) is 25.9 Å². The summed E-state index contributed by atoms with van der Waals surface area (Å²) < 4.78 is 0. The highest BCUT2D eigenvalue weighted by molar-refractivity contribution is 6.02. The van der Waals surface area contributed by atoms with Gasteiger partial charge >= 0.3 is 0 Å². The zero-order chi connectivity index (χ0) is 14.5. The van der Waals surface area contributed by atoms with Crippen LogP contribution in [0.4, 0.5) is 0 Å². The summed E-state index contributed by atoms with van der Waals surface area (Å²) in [6.07, 6.45) is 2.07. The smallest absolute Gasteiger partial charge is 0.233 e. The highest BCUT2D eigenvalue weighted by Gasteiger charge is 2.33. The van der Waals surface area contributed by atoms with Gasteiger partial charge in [0, 0.05) is 19.5 Å². The van der Waals surface area contributed by atoms with Crippen LogP contribution in [0, 0.1) is 5.92 Å². The standard InChI is InChI=1S/C17H21NO2/c1-13(2)11-18(12-14-7-4-3-5-8-14)17(20)15-9-6-10-16(15)19/h3-5,7-8,15H,1,6,9-12H2,2H3. The van der Waals surface area contributed by atoms with Crippen LogP contribution in [0.2, 0.25) is 0 Å². The molecule has 1 aliphatic rings. The number of Topliss-reactive ketones (excluding diaryl/α,β-unsaturated/α-hetero) is 1. The molecular formula is C17H21NO2. The molecule has 106 valence electrons. The predicted octanol–water partition coefficient (Wildman–Crippen LogP) is 2.96. The molecule has 0 spiro atoms. The quantitative estimate of drug-likeness (QED) is 0.610. The van der Waals surface area contributed by atoms with Crippen molar-refractivity contribution in [3.8, 4) is 0 Å². The molecule has 20 heavy (non-hydrogen) atoms. The van der Waals surface area contributed by atoms with Gasteiger partial charge in [0.05, 0.1) is 5.92 Å². The first-order chi connectivity index (χ1) is 9.58. The minimum atomic E-state index is -0.432. The van der Waals surface area contributed by atoms with Crippen LogP contribution in [-0.4, -0.2) is 23.1 Å². The van der Waals surface area contributed by atoms with Crippen LogP contribution in [0.5, 0.6) is 0 Å². The normalized spacial score (nSPS) is 18.1. The van der Waals surface area contributed by atoms with Crippen LogP contribution in [0.3, 0.4) is 0 Å². The van der Waals surface area contributed by atoms with Crippen molar-refractivity contribution in [1.82, 2.24) is 4.90 Å². The Balaban J connectivity index is 2.12. The van der Waals surface area contributed by atoms with E-state index in [1.165, 1.54) is 0 Å². The third-order valence-electron chi connectivity index (χ3n) is 3.59. The second-order valence-corrected chi connectivity index (χ2v) is 5.55. The summed E-state index contributed by atoms with van der Waals surface area (Å²) in [7, 11) is 0. The fraction of sp³-hybridized carbons (Fsp3) is 0.412. The first-order valence-corrected chi connectivity index (χ1v) is 7.07. The second kappa shape index (κ2) is 6.51. The molecule has 1 atom stereocenters. The van der Waals surface area contributed by atoms with Crippen molar-refractivity contribution in [3.63, 3.8) is 0 Å². The molecule has 0 aliphatic heterocycles. The van der Waals surface area contributed by atoms with Gasteiger partial charge in [-0.1, -0.05) is 42.5 Å². The number of hydrogen-bond acceptors (Lipinski definition) is 2. The van der Waals surface area contributed by atoms with Crippen molar-refractivity contribution in [2.75, 3.05) is 6.54 Å². The average Bonchev–Trinajstić information content (AvgIpc) is 2.84. The molecule has 1 fully saturated rings. The molecule has 1 aromatic rings. The number of amides is 1. The number of carbonyl (C=O) groups excluding carboxylic acids is 2. The summed E-state index contributed by atoms with van der Waals surface area (Å²) in [5.74, 6) is -0.382. The highest BCUT2D eigenvalue weighted by atomic mass is 16.2. The Morgan fingerprint density at radius 1 is 1.35 bits per heavy atom. The van der Waals surface area contributed by atoms with E-state index in [-0.39, 0.29) is 11.7 Å².